The summed E-state index contributed by atoms with van der Waals surface area (Å²) in [5.74, 6) is 0. The Hall–Kier alpha value is -1.06. The first-order valence-corrected chi connectivity index (χ1v) is 4.01. The highest BCUT2D eigenvalue weighted by molar-refractivity contribution is 6.35. The average Bonchev–Trinajstić information content (AvgIpc) is 2.49. The molecule has 0 bridgehead atoms. The molecule has 3 N–H and O–H groups in total. The molecule has 0 aliphatic carbocycles. The van der Waals surface area contributed by atoms with Gasteiger partial charge in [-0.2, -0.15) is 0 Å². The van der Waals surface area contributed by atoms with Crippen LogP contribution in [0.3, 0.4) is 0 Å². The molecular formula is C8H8ClN3. The molecule has 0 amide bonds. The van der Waals surface area contributed by atoms with Gasteiger partial charge in [0.1, 0.15) is 5.65 Å². The van der Waals surface area contributed by atoms with E-state index in [1.165, 1.54) is 0 Å². The highest BCUT2D eigenvalue weighted by Gasteiger charge is 2.05. The van der Waals surface area contributed by atoms with E-state index in [2.05, 4.69) is 9.97 Å². The van der Waals surface area contributed by atoms with E-state index < -0.39 is 0 Å². The van der Waals surface area contributed by atoms with Gasteiger partial charge in [0.2, 0.25) is 0 Å². The monoisotopic (exact) mass is 181 g/mol. The van der Waals surface area contributed by atoms with Gasteiger partial charge >= 0.3 is 0 Å². The third-order valence-electron chi connectivity index (χ3n) is 1.82. The molecule has 0 atom stereocenters. The molecule has 2 aromatic heterocycles. The molecule has 2 rings (SSSR count). The van der Waals surface area contributed by atoms with Crippen LogP contribution in [0.15, 0.2) is 18.5 Å². The summed E-state index contributed by atoms with van der Waals surface area (Å²) < 4.78 is 0. The number of hydrogen-bond donors (Lipinski definition) is 2. The Labute approximate surface area is 74.5 Å². The maximum Gasteiger partial charge on any atom is 0.139 e. The Bertz CT molecular complexity index is 408. The molecule has 62 valence electrons. The van der Waals surface area contributed by atoms with Gasteiger partial charge in [0.15, 0.2) is 0 Å². The Balaban J connectivity index is 2.83. The van der Waals surface area contributed by atoms with Crippen molar-refractivity contribution in [1.29, 1.82) is 0 Å². The van der Waals surface area contributed by atoms with Crippen LogP contribution >= 0.6 is 11.6 Å². The van der Waals surface area contributed by atoms with Gasteiger partial charge in [-0.25, -0.2) is 4.98 Å². The zero-order valence-corrected chi connectivity index (χ0v) is 7.10. The van der Waals surface area contributed by atoms with Gasteiger partial charge in [0, 0.05) is 24.3 Å². The first kappa shape index (κ1) is 7.58. The summed E-state index contributed by atoms with van der Waals surface area (Å²) in [5, 5.41) is 1.63. The Morgan fingerprint density at radius 3 is 3.17 bits per heavy atom. The summed E-state index contributed by atoms with van der Waals surface area (Å²) in [6.07, 6.45) is 3.50. The van der Waals surface area contributed by atoms with Gasteiger partial charge in [-0.05, 0) is 11.6 Å². The van der Waals surface area contributed by atoms with Gasteiger partial charge in [-0.1, -0.05) is 11.6 Å². The predicted molar refractivity (Wildman–Crippen MR) is 49.0 cm³/mol. The number of rotatable bonds is 1. The second-order valence-electron chi connectivity index (χ2n) is 2.53. The molecule has 0 fully saturated rings. The molecule has 0 radical (unpaired) electrons. The molecule has 0 unspecified atom stereocenters. The van der Waals surface area contributed by atoms with Crippen molar-refractivity contribution in [2.45, 2.75) is 6.54 Å². The van der Waals surface area contributed by atoms with E-state index in [9.17, 15) is 0 Å². The van der Waals surface area contributed by atoms with E-state index in [1.807, 2.05) is 6.20 Å². The van der Waals surface area contributed by atoms with E-state index in [4.69, 9.17) is 17.3 Å². The minimum atomic E-state index is 0.478. The van der Waals surface area contributed by atoms with Crippen LogP contribution in [0.2, 0.25) is 5.02 Å². The van der Waals surface area contributed by atoms with Crippen molar-refractivity contribution in [3.63, 3.8) is 0 Å². The minimum Gasteiger partial charge on any atom is -0.346 e. The third-order valence-corrected chi connectivity index (χ3v) is 2.14. The Kier molecular flexibility index (Phi) is 1.75. The van der Waals surface area contributed by atoms with Crippen LogP contribution in [0.1, 0.15) is 5.56 Å². The number of nitrogens with zero attached hydrogens (tertiary/aromatic N) is 1. The lowest BCUT2D eigenvalue weighted by Gasteiger charge is -1.94. The molecule has 3 nitrogen and oxygen atoms in total. The van der Waals surface area contributed by atoms with E-state index in [-0.39, 0.29) is 0 Å². The normalized spacial score (nSPS) is 10.8. The molecule has 12 heavy (non-hydrogen) atoms. The van der Waals surface area contributed by atoms with Crippen LogP contribution in [0.5, 0.6) is 0 Å². The SMILES string of the molecule is NCc1c[nH]c2nccc(Cl)c12. The van der Waals surface area contributed by atoms with Gasteiger partial charge < -0.3 is 10.7 Å². The van der Waals surface area contributed by atoms with Gasteiger partial charge in [-0.3, -0.25) is 0 Å². The number of H-pyrrole nitrogens is 1. The summed E-state index contributed by atoms with van der Waals surface area (Å²) in [7, 11) is 0. The van der Waals surface area contributed by atoms with Crippen LogP contribution in [0, 0.1) is 0 Å². The second-order valence-corrected chi connectivity index (χ2v) is 2.94. The fraction of sp³-hybridized carbons (Fsp3) is 0.125. The molecule has 0 saturated heterocycles. The molecule has 0 aliphatic rings. The smallest absolute Gasteiger partial charge is 0.139 e. The van der Waals surface area contributed by atoms with E-state index >= 15 is 0 Å². The highest BCUT2D eigenvalue weighted by Crippen LogP contribution is 2.24. The van der Waals surface area contributed by atoms with Gasteiger partial charge in [0.05, 0.1) is 5.02 Å². The molecule has 0 aromatic carbocycles. The molecule has 0 saturated carbocycles. The van der Waals surface area contributed by atoms with E-state index in [0.717, 1.165) is 16.6 Å². The minimum absolute atomic E-state index is 0.478. The molecule has 0 spiro atoms. The van der Waals surface area contributed by atoms with E-state index in [1.54, 1.807) is 12.3 Å². The first-order chi connectivity index (χ1) is 5.83. The molecule has 4 heteroatoms. The van der Waals surface area contributed by atoms with E-state index in [0.29, 0.717) is 11.6 Å². The molecular weight excluding hydrogens is 174 g/mol. The summed E-state index contributed by atoms with van der Waals surface area (Å²) in [6.45, 7) is 0.478. The Morgan fingerprint density at radius 2 is 2.42 bits per heavy atom. The summed E-state index contributed by atoms with van der Waals surface area (Å²) in [4.78, 5) is 7.12. The molecule has 2 heterocycles. The number of pyridine rings is 1. The molecule has 0 aliphatic heterocycles. The van der Waals surface area contributed by atoms with Crippen molar-refractivity contribution in [3.05, 3.63) is 29.0 Å². The summed E-state index contributed by atoms with van der Waals surface area (Å²) in [6, 6.07) is 1.76. The van der Waals surface area contributed by atoms with Gasteiger partial charge in [0.25, 0.3) is 0 Å². The zero-order chi connectivity index (χ0) is 8.55. The van der Waals surface area contributed by atoms with Crippen molar-refractivity contribution < 1.29 is 0 Å². The standard InChI is InChI=1S/C8H8ClN3/c9-6-1-2-11-8-7(6)5(3-10)4-12-8/h1-2,4H,3,10H2,(H,11,12). The van der Waals surface area contributed by atoms with Crippen LogP contribution < -0.4 is 5.73 Å². The van der Waals surface area contributed by atoms with Gasteiger partial charge in [-0.15, -0.1) is 0 Å². The number of nitrogens with two attached hydrogens (primary N) is 1. The predicted octanol–water partition coefficient (Wildman–Crippen LogP) is 1.67. The maximum absolute atomic E-state index is 5.97. The fourth-order valence-electron chi connectivity index (χ4n) is 1.24. The molecule has 2 aromatic rings. The zero-order valence-electron chi connectivity index (χ0n) is 6.34. The average molecular weight is 182 g/mol. The number of halogens is 1. The summed E-state index contributed by atoms with van der Waals surface area (Å²) >= 11 is 5.97. The number of aromatic nitrogens is 2. The quantitative estimate of drug-likeness (QED) is 0.703. The van der Waals surface area contributed by atoms with Crippen LogP contribution in [0.4, 0.5) is 0 Å². The van der Waals surface area contributed by atoms with Crippen molar-refractivity contribution in [3.8, 4) is 0 Å². The topological polar surface area (TPSA) is 54.7 Å². The lowest BCUT2D eigenvalue weighted by molar-refractivity contribution is 1.08. The highest BCUT2D eigenvalue weighted by atomic mass is 35.5. The first-order valence-electron chi connectivity index (χ1n) is 3.63. The van der Waals surface area contributed by atoms with Crippen LogP contribution in [-0.4, -0.2) is 9.97 Å². The number of fused-ring (bicyclic) bond motifs is 1. The number of nitrogens with one attached hydrogen (secondary N) is 1. The fourth-order valence-corrected chi connectivity index (χ4v) is 1.51. The second kappa shape index (κ2) is 2.77. The van der Waals surface area contributed by atoms with Crippen molar-refractivity contribution in [2.75, 3.05) is 0 Å². The summed E-state index contributed by atoms with van der Waals surface area (Å²) in [5.41, 5.74) is 7.32. The largest absolute Gasteiger partial charge is 0.346 e. The number of aromatic amines is 1. The lowest BCUT2D eigenvalue weighted by Crippen LogP contribution is -1.94. The van der Waals surface area contributed by atoms with Crippen molar-refractivity contribution in [1.82, 2.24) is 9.97 Å². The Morgan fingerprint density at radius 1 is 1.58 bits per heavy atom. The lowest BCUT2D eigenvalue weighted by atomic mass is 10.2. The maximum atomic E-state index is 5.97. The van der Waals surface area contributed by atoms with Crippen LogP contribution in [-0.2, 0) is 6.54 Å². The van der Waals surface area contributed by atoms with Crippen molar-refractivity contribution in [2.24, 2.45) is 5.73 Å². The van der Waals surface area contributed by atoms with Crippen LogP contribution in [0.25, 0.3) is 11.0 Å². The number of hydrogen-bond acceptors (Lipinski definition) is 2. The third kappa shape index (κ3) is 0.983. The van der Waals surface area contributed by atoms with Crippen molar-refractivity contribution >= 4 is 22.6 Å².